The lowest BCUT2D eigenvalue weighted by atomic mass is 9.93. The Bertz CT molecular complexity index is 702. The van der Waals surface area contributed by atoms with E-state index < -0.39 is 0 Å². The van der Waals surface area contributed by atoms with Crippen LogP contribution in [0.4, 0.5) is 0 Å². The first-order valence-electron chi connectivity index (χ1n) is 8.77. The zero-order chi connectivity index (χ0) is 16.6. The zero-order valence-corrected chi connectivity index (χ0v) is 14.9. The maximum Gasteiger partial charge on any atom is 0.254 e. The first-order valence-corrected chi connectivity index (χ1v) is 9.72. The third kappa shape index (κ3) is 3.01. The zero-order valence-electron chi connectivity index (χ0n) is 14.1. The van der Waals surface area contributed by atoms with E-state index in [1.54, 1.807) is 11.3 Å². The van der Waals surface area contributed by atoms with Crippen LogP contribution in [0.25, 0.3) is 0 Å². The van der Waals surface area contributed by atoms with E-state index in [-0.39, 0.29) is 5.91 Å². The molecule has 1 aliphatic heterocycles. The second-order valence-electron chi connectivity index (χ2n) is 7.26. The van der Waals surface area contributed by atoms with Crippen LogP contribution in [0.15, 0.2) is 41.1 Å². The molecule has 3 nitrogen and oxygen atoms in total. The van der Waals surface area contributed by atoms with E-state index in [9.17, 15) is 4.79 Å². The van der Waals surface area contributed by atoms with E-state index in [2.05, 4.69) is 34.0 Å². The number of aryl methyl sites for hydroxylation is 1. The minimum absolute atomic E-state index is 0.182. The summed E-state index contributed by atoms with van der Waals surface area (Å²) >= 11 is 1.70. The van der Waals surface area contributed by atoms with Crippen molar-refractivity contribution in [3.63, 3.8) is 0 Å². The molecule has 2 aromatic rings. The molecular weight excluding hydrogens is 316 g/mol. The third-order valence-electron chi connectivity index (χ3n) is 5.61. The van der Waals surface area contributed by atoms with Crippen LogP contribution < -0.4 is 5.32 Å². The summed E-state index contributed by atoms with van der Waals surface area (Å²) in [4.78, 5) is 15.3. The summed E-state index contributed by atoms with van der Waals surface area (Å²) in [7, 11) is 0. The molecule has 126 valence electrons. The van der Waals surface area contributed by atoms with Gasteiger partial charge in [-0.2, -0.15) is 11.3 Å². The van der Waals surface area contributed by atoms with Crippen molar-refractivity contribution in [3.05, 3.63) is 57.8 Å². The van der Waals surface area contributed by atoms with Gasteiger partial charge in [-0.25, -0.2) is 0 Å². The molecule has 1 aliphatic carbocycles. The summed E-state index contributed by atoms with van der Waals surface area (Å²) in [5.41, 5.74) is 3.61. The minimum Gasteiger partial charge on any atom is -0.331 e. The number of rotatable bonds is 4. The Morgan fingerprint density at radius 2 is 2.00 bits per heavy atom. The lowest BCUT2D eigenvalue weighted by molar-refractivity contribution is 0.0692. The van der Waals surface area contributed by atoms with Crippen molar-refractivity contribution in [2.24, 2.45) is 5.41 Å². The van der Waals surface area contributed by atoms with E-state index in [4.69, 9.17) is 0 Å². The Balaban J connectivity index is 1.58. The minimum atomic E-state index is 0.182. The number of nitrogens with zero attached hydrogens (tertiary/aromatic N) is 1. The summed E-state index contributed by atoms with van der Waals surface area (Å²) in [6.45, 7) is 4.96. The highest BCUT2D eigenvalue weighted by Gasteiger charge is 2.57. The third-order valence-corrected chi connectivity index (χ3v) is 6.35. The van der Waals surface area contributed by atoms with Gasteiger partial charge in [0, 0.05) is 18.2 Å². The Labute approximate surface area is 147 Å². The molecule has 0 bridgehead atoms. The van der Waals surface area contributed by atoms with E-state index >= 15 is 0 Å². The summed E-state index contributed by atoms with van der Waals surface area (Å²) in [6.07, 6.45) is 3.55. The van der Waals surface area contributed by atoms with Gasteiger partial charge in [0.2, 0.25) is 0 Å². The molecule has 24 heavy (non-hydrogen) atoms. The fourth-order valence-electron chi connectivity index (χ4n) is 3.99. The highest BCUT2D eigenvalue weighted by Crippen LogP contribution is 2.56. The van der Waals surface area contributed by atoms with Crippen LogP contribution >= 0.6 is 11.3 Å². The Hall–Kier alpha value is -1.65. The van der Waals surface area contributed by atoms with Crippen molar-refractivity contribution >= 4 is 17.2 Å². The fourth-order valence-corrected chi connectivity index (χ4v) is 4.65. The molecule has 1 aromatic heterocycles. The number of thiophene rings is 1. The molecule has 4 rings (SSSR count). The predicted octanol–water partition coefficient (Wildman–Crippen LogP) is 3.84. The highest BCUT2D eigenvalue weighted by molar-refractivity contribution is 7.07. The molecule has 1 aromatic carbocycles. The van der Waals surface area contributed by atoms with E-state index in [0.717, 1.165) is 31.6 Å². The van der Waals surface area contributed by atoms with Crippen molar-refractivity contribution < 1.29 is 4.79 Å². The first-order chi connectivity index (χ1) is 11.7. The highest BCUT2D eigenvalue weighted by atomic mass is 32.1. The summed E-state index contributed by atoms with van der Waals surface area (Å²) in [5, 5.41) is 7.70. The molecular formula is C20H24N2OS. The van der Waals surface area contributed by atoms with Gasteiger partial charge in [0.25, 0.3) is 5.91 Å². The lowest BCUT2D eigenvalue weighted by Crippen LogP contribution is -2.39. The Morgan fingerprint density at radius 3 is 2.67 bits per heavy atom. The predicted molar refractivity (Wildman–Crippen MR) is 98.3 cm³/mol. The topological polar surface area (TPSA) is 32.3 Å². The maximum atomic E-state index is 13.2. The normalized spacial score (nSPS) is 21.6. The summed E-state index contributed by atoms with van der Waals surface area (Å²) < 4.78 is 0. The van der Waals surface area contributed by atoms with Gasteiger partial charge in [-0.1, -0.05) is 17.7 Å². The van der Waals surface area contributed by atoms with E-state index in [0.29, 0.717) is 11.5 Å². The van der Waals surface area contributed by atoms with Crippen LogP contribution in [-0.4, -0.2) is 29.9 Å². The van der Waals surface area contributed by atoms with E-state index in [1.165, 1.54) is 24.0 Å². The smallest absolute Gasteiger partial charge is 0.254 e. The largest absolute Gasteiger partial charge is 0.331 e. The first kappa shape index (κ1) is 15.9. The summed E-state index contributed by atoms with van der Waals surface area (Å²) in [5.74, 6) is 0.182. The van der Waals surface area contributed by atoms with Gasteiger partial charge in [-0.05, 0) is 79.2 Å². The average molecular weight is 340 g/mol. The SMILES string of the molecule is Cc1ccc(C(=O)N(Cc2ccsc2)C2CC23CCNCC3)cc1. The monoisotopic (exact) mass is 340 g/mol. The van der Waals surface area contributed by atoms with Crippen molar-refractivity contribution in [2.75, 3.05) is 13.1 Å². The number of piperidine rings is 1. The van der Waals surface area contributed by atoms with Gasteiger partial charge < -0.3 is 10.2 Å². The Kier molecular flexibility index (Phi) is 4.19. The van der Waals surface area contributed by atoms with Crippen molar-refractivity contribution in [1.82, 2.24) is 10.2 Å². The average Bonchev–Trinajstić information content (AvgIpc) is 3.04. The number of carbonyl (C=O) groups excluding carboxylic acids is 1. The van der Waals surface area contributed by atoms with Crippen molar-refractivity contribution in [2.45, 2.75) is 38.8 Å². The van der Waals surface area contributed by atoms with Gasteiger partial charge >= 0.3 is 0 Å². The number of benzene rings is 1. The molecule has 4 heteroatoms. The Morgan fingerprint density at radius 1 is 1.25 bits per heavy atom. The standard InChI is InChI=1S/C20H24N2OS/c1-15-2-4-17(5-3-15)19(23)22(13-16-6-11-24-14-16)18-12-20(18)7-9-21-10-8-20/h2-6,11,14,18,21H,7-10,12-13H2,1H3. The van der Waals surface area contributed by atoms with Gasteiger partial charge in [0.15, 0.2) is 0 Å². The number of amides is 1. The maximum absolute atomic E-state index is 13.2. The van der Waals surface area contributed by atoms with Gasteiger partial charge in [-0.15, -0.1) is 0 Å². The van der Waals surface area contributed by atoms with Crippen LogP contribution in [-0.2, 0) is 6.54 Å². The molecule has 1 spiro atoms. The number of hydrogen-bond acceptors (Lipinski definition) is 3. The molecule has 1 N–H and O–H groups in total. The second kappa shape index (κ2) is 6.34. The van der Waals surface area contributed by atoms with Gasteiger partial charge in [0.05, 0.1) is 0 Å². The van der Waals surface area contributed by atoms with Crippen molar-refractivity contribution in [1.29, 1.82) is 0 Å². The molecule has 2 heterocycles. The number of nitrogens with one attached hydrogen (secondary N) is 1. The fraction of sp³-hybridized carbons (Fsp3) is 0.450. The number of carbonyl (C=O) groups is 1. The van der Waals surface area contributed by atoms with Crippen LogP contribution in [0.3, 0.4) is 0 Å². The summed E-state index contributed by atoms with van der Waals surface area (Å²) in [6, 6.07) is 10.5. The number of hydrogen-bond donors (Lipinski definition) is 1. The lowest BCUT2D eigenvalue weighted by Gasteiger charge is -2.29. The molecule has 1 atom stereocenters. The van der Waals surface area contributed by atoms with Crippen LogP contribution in [0.5, 0.6) is 0 Å². The van der Waals surface area contributed by atoms with Gasteiger partial charge in [0.1, 0.15) is 0 Å². The molecule has 2 aliphatic rings. The van der Waals surface area contributed by atoms with Crippen molar-refractivity contribution in [3.8, 4) is 0 Å². The quantitative estimate of drug-likeness (QED) is 0.917. The molecule has 2 fully saturated rings. The molecule has 1 saturated heterocycles. The van der Waals surface area contributed by atoms with E-state index in [1.807, 2.05) is 24.3 Å². The van der Waals surface area contributed by atoms with Gasteiger partial charge in [-0.3, -0.25) is 4.79 Å². The second-order valence-corrected chi connectivity index (χ2v) is 8.04. The molecule has 1 amide bonds. The molecule has 0 radical (unpaired) electrons. The van der Waals surface area contributed by atoms with Crippen LogP contribution in [0.2, 0.25) is 0 Å². The molecule has 1 unspecified atom stereocenters. The van der Waals surface area contributed by atoms with Crippen LogP contribution in [0, 0.1) is 12.3 Å². The van der Waals surface area contributed by atoms with Crippen LogP contribution in [0.1, 0.15) is 40.7 Å². The molecule has 1 saturated carbocycles.